The SMILES string of the molecule is C[C@H]([C-]1[C-]=[C-][CH-][C-]1c1ccccc1P(c1ccccc1)c1ccccc1)P(c1cc(C(F)(F)F)cc(C(F)(F)F)c1)c1cc(C(F)(F)F)cc(C(F)(F)F)c1.[Fe].[c-]1[c-][c-][cH-][c-]1. The van der Waals surface area contributed by atoms with Gasteiger partial charge in [-0.05, 0) is 57.6 Å². The summed E-state index contributed by atoms with van der Waals surface area (Å²) in [4.78, 5) is 0. The van der Waals surface area contributed by atoms with E-state index in [0.29, 0.717) is 35.7 Å². The molecule has 0 heterocycles. The van der Waals surface area contributed by atoms with Crippen LogP contribution in [-0.2, 0) is 41.8 Å². The normalized spacial score (nSPS) is 13.8. The van der Waals surface area contributed by atoms with Crippen LogP contribution in [0.25, 0.3) is 0 Å². The number of allylic oxidation sites excluding steroid dienone is 2. The quantitative estimate of drug-likeness (QED) is 0.0618. The average molecular weight is 924 g/mol. The third-order valence-electron chi connectivity index (χ3n) is 9.03. The molecular formula is C46H26F12FeP2-10. The summed E-state index contributed by atoms with van der Waals surface area (Å²) < 4.78 is 170. The maximum Gasteiger partial charge on any atom is 0.416 e. The molecule has 0 spiro atoms. The van der Waals surface area contributed by atoms with Gasteiger partial charge in [0.05, 0.1) is 22.3 Å². The van der Waals surface area contributed by atoms with Crippen molar-refractivity contribution in [3.05, 3.63) is 210 Å². The van der Waals surface area contributed by atoms with Crippen molar-refractivity contribution in [2.24, 2.45) is 0 Å². The van der Waals surface area contributed by atoms with Crippen molar-refractivity contribution in [1.29, 1.82) is 0 Å². The van der Waals surface area contributed by atoms with Crippen molar-refractivity contribution in [2.45, 2.75) is 37.3 Å². The Kier molecular flexibility index (Phi) is 14.9. The minimum Gasteiger partial charge on any atom is -0.999 e. The van der Waals surface area contributed by atoms with Crippen LogP contribution in [0.15, 0.2) is 127 Å². The molecule has 15 heteroatoms. The molecule has 0 N–H and O–H groups in total. The molecule has 0 aliphatic heterocycles. The van der Waals surface area contributed by atoms with Crippen LogP contribution in [0.5, 0.6) is 0 Å². The first-order valence-electron chi connectivity index (χ1n) is 17.5. The number of alkyl halides is 12. The van der Waals surface area contributed by atoms with Gasteiger partial charge >= 0.3 is 24.7 Å². The fourth-order valence-corrected chi connectivity index (χ4v) is 11.7. The van der Waals surface area contributed by atoms with Gasteiger partial charge in [-0.1, -0.05) is 89.5 Å². The third kappa shape index (κ3) is 11.4. The molecule has 0 unspecified atom stereocenters. The summed E-state index contributed by atoms with van der Waals surface area (Å²) in [6.07, 6.45) is -14.2. The average Bonchev–Trinajstić information content (AvgIpc) is 3.95. The molecule has 1 atom stereocenters. The van der Waals surface area contributed by atoms with E-state index in [-0.39, 0.29) is 35.1 Å². The fraction of sp³-hybridized carbons (Fsp3) is 0.130. The molecule has 6 aromatic carbocycles. The van der Waals surface area contributed by atoms with E-state index in [1.54, 1.807) is 24.3 Å². The molecule has 61 heavy (non-hydrogen) atoms. The molecule has 0 amide bonds. The van der Waals surface area contributed by atoms with Gasteiger partial charge < -0.3 is 60.7 Å². The van der Waals surface area contributed by atoms with Gasteiger partial charge in [-0.3, -0.25) is 0 Å². The summed E-state index contributed by atoms with van der Waals surface area (Å²) in [6, 6.07) is 39.1. The van der Waals surface area contributed by atoms with Gasteiger partial charge in [0, 0.05) is 17.1 Å². The molecule has 0 aromatic heterocycles. The number of hydrogen-bond acceptors (Lipinski definition) is 0. The molecule has 0 saturated carbocycles. The van der Waals surface area contributed by atoms with Crippen molar-refractivity contribution < 1.29 is 69.8 Å². The third-order valence-corrected chi connectivity index (χ3v) is 14.2. The van der Waals surface area contributed by atoms with E-state index in [0.717, 1.165) is 15.9 Å². The Hall–Kier alpha value is -4.66. The maximum absolute atomic E-state index is 14.1. The van der Waals surface area contributed by atoms with E-state index in [2.05, 4.69) is 36.4 Å². The first-order chi connectivity index (χ1) is 28.2. The largest absolute Gasteiger partial charge is 0.999 e. The second-order valence-electron chi connectivity index (χ2n) is 13.0. The maximum atomic E-state index is 14.1. The first-order valence-corrected chi connectivity index (χ1v) is 20.3. The Labute approximate surface area is 358 Å². The van der Waals surface area contributed by atoms with E-state index in [1.165, 1.54) is 13.3 Å². The van der Waals surface area contributed by atoms with E-state index >= 15 is 0 Å². The predicted molar refractivity (Wildman–Crippen MR) is 207 cm³/mol. The van der Waals surface area contributed by atoms with Gasteiger partial charge in [-0.15, -0.1) is 17.4 Å². The number of benzene rings is 5. The van der Waals surface area contributed by atoms with Crippen LogP contribution in [-0.4, -0.2) is 5.66 Å². The Morgan fingerprint density at radius 1 is 0.525 bits per heavy atom. The molecule has 322 valence electrons. The smallest absolute Gasteiger partial charge is 0.416 e. The van der Waals surface area contributed by atoms with Crippen molar-refractivity contribution in [2.75, 3.05) is 0 Å². The summed E-state index contributed by atoms with van der Waals surface area (Å²) in [5.74, 6) is 0.493. The Morgan fingerprint density at radius 2 is 0.918 bits per heavy atom. The molecule has 7 rings (SSSR count). The van der Waals surface area contributed by atoms with Crippen LogP contribution < -0.4 is 26.5 Å². The molecule has 6 aromatic rings. The minimum absolute atomic E-state index is 0. The number of hydrogen-bond donors (Lipinski definition) is 0. The second-order valence-corrected chi connectivity index (χ2v) is 17.8. The van der Waals surface area contributed by atoms with E-state index in [1.807, 2.05) is 66.7 Å². The van der Waals surface area contributed by atoms with E-state index < -0.39 is 79.1 Å². The van der Waals surface area contributed by atoms with Gasteiger partial charge in [-0.25, -0.2) is 5.56 Å². The van der Waals surface area contributed by atoms with Crippen LogP contribution >= 0.6 is 15.8 Å². The molecule has 1 aliphatic rings. The van der Waals surface area contributed by atoms with Gasteiger partial charge in [0.2, 0.25) is 0 Å². The van der Waals surface area contributed by atoms with Crippen LogP contribution in [0, 0.1) is 54.7 Å². The second kappa shape index (κ2) is 19.2. The molecule has 0 nitrogen and oxygen atoms in total. The summed E-state index contributed by atoms with van der Waals surface area (Å²) in [5, 5.41) is 1.17. The van der Waals surface area contributed by atoms with Crippen molar-refractivity contribution >= 4 is 42.4 Å². The molecule has 0 fully saturated rings. The molecular weight excluding hydrogens is 898 g/mol. The number of rotatable bonds is 8. The Bertz CT molecular complexity index is 2150. The zero-order valence-corrected chi connectivity index (χ0v) is 34.0. The topological polar surface area (TPSA) is 0 Å². The van der Waals surface area contributed by atoms with Crippen molar-refractivity contribution in [1.82, 2.24) is 0 Å². The minimum atomic E-state index is -5.35. The van der Waals surface area contributed by atoms with E-state index in [9.17, 15) is 52.7 Å². The van der Waals surface area contributed by atoms with Crippen LogP contribution in [0.4, 0.5) is 52.7 Å². The van der Waals surface area contributed by atoms with Crippen LogP contribution in [0.2, 0.25) is 0 Å². The summed E-state index contributed by atoms with van der Waals surface area (Å²) in [7, 11) is -4.18. The van der Waals surface area contributed by atoms with Crippen molar-refractivity contribution in [3.63, 3.8) is 0 Å². The van der Waals surface area contributed by atoms with Gasteiger partial charge in [0.1, 0.15) is 0 Å². The van der Waals surface area contributed by atoms with Gasteiger partial charge in [0.15, 0.2) is 0 Å². The zero-order valence-electron chi connectivity index (χ0n) is 31.1. The van der Waals surface area contributed by atoms with Crippen LogP contribution in [0.1, 0.15) is 34.7 Å². The monoisotopic (exact) mass is 924 g/mol. The molecule has 1 aliphatic carbocycles. The fourth-order valence-electron chi connectivity index (χ4n) is 6.42. The molecule has 0 radical (unpaired) electrons. The summed E-state index contributed by atoms with van der Waals surface area (Å²) in [6.45, 7) is 1.34. The zero-order chi connectivity index (χ0) is 43.5. The van der Waals surface area contributed by atoms with E-state index in [4.69, 9.17) is 0 Å². The van der Waals surface area contributed by atoms with Gasteiger partial charge in [0.25, 0.3) is 0 Å². The standard InChI is InChI=1S/C41H25F12P2.C5H.Fe/c1-25(34-16-10-17-35(34)36-15-8-9-18-37(36)55(30-11-4-2-5-12-30)31-13-6-3-7-14-31)54(32-21-26(38(42,43)44)19-27(22-32)39(45,46)47)33-23-28(40(48,49)50)20-29(24-33)41(51,52)53;1-2-4-5-3-1;/h2-9,11-15,17-25H,1H3;1H;/q2*-5;/t25-;;/m1../s1. The molecule has 0 bridgehead atoms. The summed E-state index contributed by atoms with van der Waals surface area (Å²) >= 11 is 0. The van der Waals surface area contributed by atoms with Crippen LogP contribution in [0.3, 0.4) is 0 Å². The predicted octanol–water partition coefficient (Wildman–Crippen LogP) is 11.5. The molecule has 0 saturated heterocycles. The first kappa shape index (κ1) is 47.4. The Morgan fingerprint density at radius 3 is 1.30 bits per heavy atom. The number of halogens is 12. The van der Waals surface area contributed by atoms with Crippen molar-refractivity contribution in [3.8, 4) is 0 Å². The van der Waals surface area contributed by atoms with Gasteiger partial charge in [-0.2, -0.15) is 64.4 Å². The summed E-state index contributed by atoms with van der Waals surface area (Å²) in [5.41, 5.74) is -7.78. The Balaban J connectivity index is 0.00000109.